The number of carbonyl (C=O) groups is 2. The zero-order chi connectivity index (χ0) is 73.9. The molecule has 18 rings (SSSR count). The second kappa shape index (κ2) is 35.1. The number of hydrogen-bond donors (Lipinski definition) is 3. The molecule has 22 nitrogen and oxygen atoms in total. The first kappa shape index (κ1) is 81.7. The van der Waals surface area contributed by atoms with Crippen LogP contribution in [-0.4, -0.2) is 139 Å². The number of para-hydroxylation sites is 3. The van der Waals surface area contributed by atoms with Gasteiger partial charge in [-0.3, -0.25) is 33.7 Å². The smallest absolute Gasteiger partial charge is 0.813 e. The maximum Gasteiger partial charge on any atom is 1.00 e. The van der Waals surface area contributed by atoms with Gasteiger partial charge in [-0.2, -0.15) is 0 Å². The summed E-state index contributed by atoms with van der Waals surface area (Å²) in [6.07, 6.45) is 38.8. The zero-order valence-corrected chi connectivity index (χ0v) is 69.3. The quantitative estimate of drug-likeness (QED) is 0.0526. The van der Waals surface area contributed by atoms with Crippen molar-refractivity contribution in [2.24, 2.45) is 22.0 Å². The summed E-state index contributed by atoms with van der Waals surface area (Å²) in [6, 6.07) is 34.3. The van der Waals surface area contributed by atoms with E-state index in [1.165, 1.54) is 24.2 Å². The molecule has 3 atom stereocenters. The summed E-state index contributed by atoms with van der Waals surface area (Å²) < 4.78 is 18.4. The Hall–Kier alpha value is -7.82. The van der Waals surface area contributed by atoms with Crippen molar-refractivity contribution in [3.63, 3.8) is 0 Å². The molecule has 0 bridgehead atoms. The van der Waals surface area contributed by atoms with E-state index in [-0.39, 0.29) is 85.6 Å². The van der Waals surface area contributed by atoms with Crippen LogP contribution in [0.2, 0.25) is 0 Å². The molecule has 6 aliphatic rings. The number of rotatable bonds is 9. The minimum atomic E-state index is -0.490. The molecule has 110 heavy (non-hydrogen) atoms. The van der Waals surface area contributed by atoms with Crippen molar-refractivity contribution in [2.45, 2.75) is 194 Å². The first-order valence-electron chi connectivity index (χ1n) is 37.6. The van der Waals surface area contributed by atoms with Gasteiger partial charge in [0.05, 0.1) is 26.3 Å². The van der Waals surface area contributed by atoms with Crippen molar-refractivity contribution in [2.75, 3.05) is 54.0 Å². The summed E-state index contributed by atoms with van der Waals surface area (Å²) in [4.78, 5) is 77.4. The zero-order valence-electron chi connectivity index (χ0n) is 63.2. The van der Waals surface area contributed by atoms with Crippen LogP contribution in [0.15, 0.2) is 189 Å². The van der Waals surface area contributed by atoms with Crippen LogP contribution in [0, 0.1) is 22.3 Å². The number of anilines is 3. The third kappa shape index (κ3) is 18.0. The molecule has 3 saturated heterocycles. The Morgan fingerprint density at radius 2 is 0.873 bits per heavy atom. The van der Waals surface area contributed by atoms with E-state index < -0.39 is 11.2 Å². The van der Waals surface area contributed by atoms with E-state index in [1.54, 1.807) is 42.1 Å². The van der Waals surface area contributed by atoms with Crippen molar-refractivity contribution in [3.8, 4) is 0 Å². The predicted molar refractivity (Wildman–Crippen MR) is 442 cm³/mol. The Morgan fingerprint density at radius 3 is 1.32 bits per heavy atom. The van der Waals surface area contributed by atoms with Crippen molar-refractivity contribution >= 4 is 133 Å². The third-order valence-electron chi connectivity index (χ3n) is 22.5. The third-order valence-corrected chi connectivity index (χ3v) is 25.4. The Labute approximate surface area is 690 Å². The van der Waals surface area contributed by atoms with Crippen LogP contribution in [0.3, 0.4) is 0 Å². The Kier molecular flexibility index (Phi) is 26.0. The van der Waals surface area contributed by atoms with Gasteiger partial charge in [0.15, 0.2) is 11.3 Å². The molecule has 3 spiro atoms. The summed E-state index contributed by atoms with van der Waals surface area (Å²) >= 11 is 6.83. The molecule has 12 heterocycles. The fourth-order valence-corrected chi connectivity index (χ4v) is 19.5. The molecule has 3 saturated carbocycles. The van der Waals surface area contributed by atoms with Gasteiger partial charge in [0, 0.05) is 156 Å². The van der Waals surface area contributed by atoms with E-state index in [1.807, 2.05) is 168 Å². The number of hydrogen-bond acceptors (Lipinski definition) is 20. The summed E-state index contributed by atoms with van der Waals surface area (Å²) in [7, 11) is 0. The Bertz CT molecular complexity index is 5130. The number of aromatic nitrogens is 12. The molecule has 12 aromatic rings. The van der Waals surface area contributed by atoms with E-state index in [0.29, 0.717) is 11.5 Å². The van der Waals surface area contributed by atoms with Gasteiger partial charge in [-0.05, 0) is 177 Å². The summed E-state index contributed by atoms with van der Waals surface area (Å²) in [6.45, 7) is 17.1. The maximum absolute atomic E-state index is 12.5. The van der Waals surface area contributed by atoms with Crippen LogP contribution in [0.4, 0.5) is 27.4 Å². The summed E-state index contributed by atoms with van der Waals surface area (Å²) in [5.41, 5.74) is 11.8. The molecular weight excluding hydrogens is 1510 g/mol. The van der Waals surface area contributed by atoms with E-state index in [9.17, 15) is 9.59 Å². The number of amides is 2. The SMILES string of the molecule is Brc1ccnc2ccccc12.C.CC(C)(C)OC(=O)N[C@@H]1CCCC12CCN(c1nc[c-]c3nccn13)CC2.CC(C)(C)OC(=O)N[C@@H]1CCCC12CCN(c1ncc(Sc3ccnc4ccccc34)c3nccn13)CC2.N[C@@H]1CCCC12CCN(c1ncc(Sc3ccnc4ccccc34)c3nccn13)CC2.[Na+].[SH-]. The number of thiol groups is 1. The number of piperidine rings is 3. The van der Waals surface area contributed by atoms with Crippen LogP contribution in [-0.2, 0) is 23.0 Å². The number of nitrogens with two attached hydrogens (primary N) is 1. The first-order valence-corrected chi connectivity index (χ1v) is 40.1. The summed E-state index contributed by atoms with van der Waals surface area (Å²) in [5, 5.41) is 9.80. The molecule has 27 heteroatoms. The average Bonchev–Trinajstić information content (AvgIpc) is 1.55. The number of ether oxygens (including phenoxy) is 2. The molecule has 3 aromatic carbocycles. The van der Waals surface area contributed by atoms with Crippen molar-refractivity contribution in [1.82, 2.24) is 68.7 Å². The van der Waals surface area contributed by atoms with Crippen molar-refractivity contribution < 1.29 is 48.6 Å². The van der Waals surface area contributed by atoms with Gasteiger partial charge in [-0.25, -0.2) is 29.5 Å². The fourth-order valence-electron chi connectivity index (χ4n) is 17.1. The molecule has 4 N–H and O–H groups in total. The number of nitrogens with one attached hydrogen (secondary N) is 2. The van der Waals surface area contributed by atoms with Gasteiger partial charge >= 0.3 is 41.7 Å². The largest absolute Gasteiger partial charge is 1.00 e. The monoisotopic (exact) mass is 1610 g/mol. The number of alkyl carbamates (subject to hydrolysis) is 2. The number of nitrogens with zero attached hydrogens (tertiary/aromatic N) is 15. The van der Waals surface area contributed by atoms with E-state index in [0.717, 1.165) is 203 Å². The number of carbonyl (C=O) groups excluding carboxylic acids is 2. The number of fused-ring (bicyclic) bond motifs is 6. The average molecular weight is 1610 g/mol. The molecular formula is C83H99BrN18NaO4S3-. The summed E-state index contributed by atoms with van der Waals surface area (Å²) in [5.74, 6) is 2.83. The van der Waals surface area contributed by atoms with E-state index >= 15 is 0 Å². The van der Waals surface area contributed by atoms with Crippen molar-refractivity contribution in [1.29, 1.82) is 0 Å². The molecule has 572 valence electrons. The second-order valence-corrected chi connectivity index (χ2v) is 34.3. The van der Waals surface area contributed by atoms with E-state index in [2.05, 4.69) is 110 Å². The molecule has 2 amide bonds. The van der Waals surface area contributed by atoms with Gasteiger partial charge < -0.3 is 64.5 Å². The second-order valence-electron chi connectivity index (χ2n) is 31.3. The predicted octanol–water partition coefficient (Wildman–Crippen LogP) is 14.2. The molecule has 3 aliphatic heterocycles. The minimum Gasteiger partial charge on any atom is -0.813 e. The van der Waals surface area contributed by atoms with Crippen LogP contribution < -0.4 is 60.6 Å². The van der Waals surface area contributed by atoms with Gasteiger partial charge in [0.2, 0.25) is 17.8 Å². The molecule has 9 aromatic heterocycles. The van der Waals surface area contributed by atoms with Crippen molar-refractivity contribution in [3.05, 3.63) is 176 Å². The Morgan fingerprint density at radius 1 is 0.482 bits per heavy atom. The molecule has 0 unspecified atom stereocenters. The standard InChI is InChI=1S/C29H34N6O2S.C24H26N6S.C20H28N5O2.C9H6BrN.CH4.Na.H2S/c1-28(2,3)37-27(36)33-24-9-6-11-29(24)12-16-34(17-13-29)26-32-19-23(25-31-15-18-35(25)26)38-22-10-14-30-21-8-5-4-7-20(21)22;25-21-6-3-8-24(21)9-13-29(14-10-24)23-28-16-20(22-27-12-15-30(22)23)31-19-7-11-26-18-5-2-1-4-17(18)19;1-19(2,3)27-18(26)23-15-5-4-7-20(15)8-12-24(13-9-20)17-22-10-6-16-21-11-14-25(16)17;10-8-5-6-11-9-4-2-1-3-7(8)9;;;/h4-5,7-8,10,14-15,18-19,24H,6,9,11-13,16-17H2,1-3H3,(H,33,36);1-2,4-5,7,11-12,15-16,21H,3,6,8-10,13-14,25H2;10-11,14-15H,4-5,7-9,12-13H2,1-3H3,(H,23,26);1-6H;1H4;;1H2/q;;-1;;;+1;/p-1/t24-;21-;15-;;;;/m111..../s1. The van der Waals surface area contributed by atoms with Gasteiger partial charge in [-0.15, -0.1) is 6.20 Å². The van der Waals surface area contributed by atoms with Crippen LogP contribution in [0.25, 0.3) is 49.7 Å². The van der Waals surface area contributed by atoms with Gasteiger partial charge in [0.25, 0.3) is 0 Å². The normalized spacial score (nSPS) is 19.1. The fraction of sp³-hybridized carbons (Fsp3) is 0.434. The van der Waals surface area contributed by atoms with Crippen LogP contribution in [0.1, 0.15) is 145 Å². The minimum absolute atomic E-state index is 0. The molecule has 0 radical (unpaired) electrons. The number of pyridine rings is 3. The van der Waals surface area contributed by atoms with Gasteiger partial charge in [0.1, 0.15) is 11.2 Å². The number of benzene rings is 3. The molecule has 3 aliphatic carbocycles. The first-order chi connectivity index (χ1) is 51.8. The number of halogens is 1. The van der Waals surface area contributed by atoms with Gasteiger partial charge in [-0.1, -0.05) is 121 Å². The Balaban J connectivity index is 0.000000143. The van der Waals surface area contributed by atoms with Crippen LogP contribution in [0.5, 0.6) is 0 Å². The topological polar surface area (TPSA) is 242 Å². The van der Waals surface area contributed by atoms with Crippen LogP contribution >= 0.6 is 39.5 Å². The number of imidazole rings is 3. The molecule has 6 fully saturated rings. The van der Waals surface area contributed by atoms with E-state index in [4.69, 9.17) is 30.2 Å². The maximum atomic E-state index is 12.5.